The first kappa shape index (κ1) is 9.90. The number of carbonyl (C=O) groups is 1. The Balaban J connectivity index is 2.96. The zero-order valence-electron chi connectivity index (χ0n) is 7.93. The number of ketones is 1. The summed E-state index contributed by atoms with van der Waals surface area (Å²) < 4.78 is 12.3. The van der Waals surface area contributed by atoms with Gasteiger partial charge < -0.3 is 0 Å². The van der Waals surface area contributed by atoms with E-state index in [1.54, 1.807) is 19.1 Å². The Bertz CT molecular complexity index is 318. The molecule has 70 valence electrons. The van der Waals surface area contributed by atoms with Gasteiger partial charge in [-0.1, -0.05) is 18.2 Å². The van der Waals surface area contributed by atoms with Crippen molar-refractivity contribution in [2.75, 3.05) is 0 Å². The Morgan fingerprint density at radius 2 is 2.15 bits per heavy atom. The van der Waals surface area contributed by atoms with Crippen molar-refractivity contribution in [2.45, 2.75) is 26.9 Å². The van der Waals surface area contributed by atoms with Gasteiger partial charge in [-0.05, 0) is 30.5 Å². The zero-order chi connectivity index (χ0) is 9.84. The summed E-state index contributed by atoms with van der Waals surface area (Å²) in [7, 11) is 0. The summed E-state index contributed by atoms with van der Waals surface area (Å²) in [6.07, 6.45) is 0.402. The van der Waals surface area contributed by atoms with E-state index in [0.717, 1.165) is 11.1 Å². The average molecular weight is 180 g/mol. The number of halogens is 1. The topological polar surface area (TPSA) is 17.1 Å². The third kappa shape index (κ3) is 2.65. The first-order chi connectivity index (χ1) is 6.13. The van der Waals surface area contributed by atoms with Crippen LogP contribution < -0.4 is 0 Å². The molecule has 0 aliphatic rings. The van der Waals surface area contributed by atoms with E-state index < -0.39 is 6.67 Å². The lowest BCUT2D eigenvalue weighted by Gasteiger charge is -2.04. The molecule has 0 bridgehead atoms. The Hall–Kier alpha value is -1.18. The van der Waals surface area contributed by atoms with E-state index in [9.17, 15) is 9.18 Å². The highest BCUT2D eigenvalue weighted by Crippen LogP contribution is 2.13. The summed E-state index contributed by atoms with van der Waals surface area (Å²) in [5.41, 5.74) is 2.62. The number of carbonyl (C=O) groups excluding carboxylic acids is 1. The van der Waals surface area contributed by atoms with Crippen LogP contribution in [-0.4, -0.2) is 5.78 Å². The summed E-state index contributed by atoms with van der Waals surface area (Å²) in [5.74, 6) is 0.110. The Kier molecular flexibility index (Phi) is 3.18. The molecule has 0 N–H and O–H groups in total. The molecule has 1 aromatic carbocycles. The average Bonchev–Trinajstić information content (AvgIpc) is 2.08. The third-order valence-electron chi connectivity index (χ3n) is 2.01. The molecule has 1 nitrogen and oxygen atoms in total. The molecule has 0 heterocycles. The van der Waals surface area contributed by atoms with Gasteiger partial charge >= 0.3 is 0 Å². The SMILES string of the molecule is CC(=O)Cc1cc(CF)ccc1C. The van der Waals surface area contributed by atoms with Gasteiger partial charge in [0.1, 0.15) is 12.5 Å². The standard InChI is InChI=1S/C11H13FO/c1-8-3-4-10(7-12)6-11(8)5-9(2)13/h3-4,6H,5,7H2,1-2H3. The number of aryl methyl sites for hydroxylation is 1. The highest BCUT2D eigenvalue weighted by Gasteiger charge is 2.02. The van der Waals surface area contributed by atoms with Gasteiger partial charge in [0.05, 0.1) is 0 Å². The van der Waals surface area contributed by atoms with Crippen molar-refractivity contribution in [3.05, 3.63) is 34.9 Å². The van der Waals surface area contributed by atoms with Crippen LogP contribution in [0, 0.1) is 6.92 Å². The molecule has 0 fully saturated rings. The minimum Gasteiger partial charge on any atom is -0.300 e. The molecule has 0 unspecified atom stereocenters. The molecule has 13 heavy (non-hydrogen) atoms. The van der Waals surface area contributed by atoms with E-state index in [1.165, 1.54) is 0 Å². The van der Waals surface area contributed by atoms with Crippen LogP contribution in [-0.2, 0) is 17.9 Å². The second-order valence-electron chi connectivity index (χ2n) is 3.27. The molecular weight excluding hydrogens is 167 g/mol. The lowest BCUT2D eigenvalue weighted by atomic mass is 10.0. The van der Waals surface area contributed by atoms with Crippen molar-refractivity contribution in [2.24, 2.45) is 0 Å². The summed E-state index contributed by atoms with van der Waals surface area (Å²) >= 11 is 0. The molecule has 0 saturated carbocycles. The molecule has 1 aromatic rings. The van der Waals surface area contributed by atoms with Gasteiger partial charge in [0.2, 0.25) is 0 Å². The molecule has 0 aliphatic carbocycles. The van der Waals surface area contributed by atoms with Crippen molar-refractivity contribution in [3.8, 4) is 0 Å². The maximum absolute atomic E-state index is 12.3. The van der Waals surface area contributed by atoms with Gasteiger partial charge in [0.25, 0.3) is 0 Å². The van der Waals surface area contributed by atoms with Crippen LogP contribution in [0.25, 0.3) is 0 Å². The van der Waals surface area contributed by atoms with Crippen molar-refractivity contribution in [3.63, 3.8) is 0 Å². The van der Waals surface area contributed by atoms with Crippen LogP contribution in [0.1, 0.15) is 23.6 Å². The lowest BCUT2D eigenvalue weighted by molar-refractivity contribution is -0.116. The number of Topliss-reactive ketones (excluding diaryl/α,β-unsaturated/α-hetero) is 1. The summed E-state index contributed by atoms with van der Waals surface area (Å²) in [6, 6.07) is 5.36. The predicted molar refractivity (Wildman–Crippen MR) is 50.4 cm³/mol. The lowest BCUT2D eigenvalue weighted by Crippen LogP contribution is -1.99. The highest BCUT2D eigenvalue weighted by atomic mass is 19.1. The van der Waals surface area contributed by atoms with Crippen molar-refractivity contribution >= 4 is 5.78 Å². The van der Waals surface area contributed by atoms with E-state index in [2.05, 4.69) is 0 Å². The van der Waals surface area contributed by atoms with Gasteiger partial charge in [-0.3, -0.25) is 4.79 Å². The van der Waals surface area contributed by atoms with E-state index >= 15 is 0 Å². The highest BCUT2D eigenvalue weighted by molar-refractivity contribution is 5.78. The fraction of sp³-hybridized carbons (Fsp3) is 0.364. The molecule has 0 radical (unpaired) electrons. The Morgan fingerprint density at radius 1 is 1.46 bits per heavy atom. The van der Waals surface area contributed by atoms with Gasteiger partial charge in [-0.25, -0.2) is 4.39 Å². The first-order valence-corrected chi connectivity index (χ1v) is 4.27. The quantitative estimate of drug-likeness (QED) is 0.698. The maximum Gasteiger partial charge on any atom is 0.134 e. The smallest absolute Gasteiger partial charge is 0.134 e. The van der Waals surface area contributed by atoms with Crippen molar-refractivity contribution < 1.29 is 9.18 Å². The Labute approximate surface area is 77.6 Å². The maximum atomic E-state index is 12.3. The summed E-state index contributed by atoms with van der Waals surface area (Å²) in [6.45, 7) is 3.01. The van der Waals surface area contributed by atoms with E-state index in [1.807, 2.05) is 13.0 Å². The van der Waals surface area contributed by atoms with Crippen molar-refractivity contribution in [1.29, 1.82) is 0 Å². The monoisotopic (exact) mass is 180 g/mol. The second-order valence-corrected chi connectivity index (χ2v) is 3.27. The van der Waals surface area contributed by atoms with Crippen LogP contribution >= 0.6 is 0 Å². The molecule has 0 spiro atoms. The van der Waals surface area contributed by atoms with Crippen LogP contribution in [0.2, 0.25) is 0 Å². The number of benzene rings is 1. The van der Waals surface area contributed by atoms with Gasteiger partial charge in [0, 0.05) is 6.42 Å². The molecule has 1 rings (SSSR count). The summed E-state index contributed by atoms with van der Waals surface area (Å²) in [5, 5.41) is 0. The van der Waals surface area contributed by atoms with Crippen molar-refractivity contribution in [1.82, 2.24) is 0 Å². The molecule has 0 aromatic heterocycles. The molecule has 0 amide bonds. The molecule has 0 saturated heterocycles. The van der Waals surface area contributed by atoms with Gasteiger partial charge in [0.15, 0.2) is 0 Å². The fourth-order valence-electron chi connectivity index (χ4n) is 1.27. The number of alkyl halides is 1. The largest absolute Gasteiger partial charge is 0.300 e. The normalized spacial score (nSPS) is 10.1. The number of rotatable bonds is 3. The summed E-state index contributed by atoms with van der Waals surface area (Å²) in [4.78, 5) is 10.9. The minimum absolute atomic E-state index is 0.110. The van der Waals surface area contributed by atoms with Crippen LogP contribution in [0.4, 0.5) is 4.39 Å². The molecule has 0 atom stereocenters. The van der Waals surface area contributed by atoms with Crippen LogP contribution in [0.3, 0.4) is 0 Å². The second kappa shape index (κ2) is 4.17. The number of hydrogen-bond acceptors (Lipinski definition) is 1. The molecule has 2 heteroatoms. The fourth-order valence-corrected chi connectivity index (χ4v) is 1.27. The minimum atomic E-state index is -0.467. The number of hydrogen-bond donors (Lipinski definition) is 0. The van der Waals surface area contributed by atoms with Crippen LogP contribution in [0.5, 0.6) is 0 Å². The predicted octanol–water partition coefficient (Wildman–Crippen LogP) is 2.60. The van der Waals surface area contributed by atoms with Crippen LogP contribution in [0.15, 0.2) is 18.2 Å². The van der Waals surface area contributed by atoms with E-state index in [-0.39, 0.29) is 5.78 Å². The van der Waals surface area contributed by atoms with Gasteiger partial charge in [-0.15, -0.1) is 0 Å². The zero-order valence-corrected chi connectivity index (χ0v) is 7.93. The van der Waals surface area contributed by atoms with E-state index in [0.29, 0.717) is 12.0 Å². The molecular formula is C11H13FO. The third-order valence-corrected chi connectivity index (χ3v) is 2.01. The Morgan fingerprint density at radius 3 is 2.69 bits per heavy atom. The van der Waals surface area contributed by atoms with E-state index in [4.69, 9.17) is 0 Å². The first-order valence-electron chi connectivity index (χ1n) is 4.27. The molecule has 0 aliphatic heterocycles. The van der Waals surface area contributed by atoms with Gasteiger partial charge in [-0.2, -0.15) is 0 Å².